The Morgan fingerprint density at radius 2 is 2.11 bits per heavy atom. The number of hydrogen-bond donors (Lipinski definition) is 1. The molecule has 1 amide bonds. The Kier molecular flexibility index (Phi) is 6.01. The molecule has 4 heterocycles. The van der Waals surface area contributed by atoms with Crippen molar-refractivity contribution < 1.29 is 14.3 Å². The number of aromatic nitrogens is 2. The third kappa shape index (κ3) is 4.59. The van der Waals surface area contributed by atoms with Crippen molar-refractivity contribution in [2.45, 2.75) is 38.3 Å². The SMILES string of the molecule is O=C(NCc1cccnc1N1CCCC1)c1ccc(OC[C@H]2CCCO2)nc1. The molecule has 0 aliphatic carbocycles. The number of carbonyl (C=O) groups is 1. The van der Waals surface area contributed by atoms with E-state index in [2.05, 4.69) is 20.2 Å². The Hall–Kier alpha value is -2.67. The third-order valence-corrected chi connectivity index (χ3v) is 5.15. The van der Waals surface area contributed by atoms with E-state index in [1.807, 2.05) is 12.1 Å². The van der Waals surface area contributed by atoms with Crippen LogP contribution in [-0.2, 0) is 11.3 Å². The number of nitrogens with one attached hydrogen (secondary N) is 1. The fourth-order valence-electron chi connectivity index (χ4n) is 3.61. The fraction of sp³-hybridized carbons (Fsp3) is 0.476. The van der Waals surface area contributed by atoms with Gasteiger partial charge < -0.3 is 19.7 Å². The second-order valence-corrected chi connectivity index (χ2v) is 7.19. The molecule has 4 rings (SSSR count). The summed E-state index contributed by atoms with van der Waals surface area (Å²) in [6.07, 6.45) is 7.98. The predicted molar refractivity (Wildman–Crippen MR) is 106 cm³/mol. The molecule has 0 aromatic carbocycles. The van der Waals surface area contributed by atoms with Crippen molar-refractivity contribution in [1.82, 2.24) is 15.3 Å². The molecule has 2 fully saturated rings. The lowest BCUT2D eigenvalue weighted by Gasteiger charge is -2.20. The normalized spacial score (nSPS) is 19.0. The maximum atomic E-state index is 12.5. The summed E-state index contributed by atoms with van der Waals surface area (Å²) in [5.74, 6) is 1.32. The number of amides is 1. The van der Waals surface area contributed by atoms with Crippen molar-refractivity contribution in [2.75, 3.05) is 31.2 Å². The van der Waals surface area contributed by atoms with E-state index in [-0.39, 0.29) is 12.0 Å². The van der Waals surface area contributed by atoms with Crippen LogP contribution in [0, 0.1) is 0 Å². The zero-order valence-corrected chi connectivity index (χ0v) is 16.0. The second-order valence-electron chi connectivity index (χ2n) is 7.19. The number of hydrogen-bond acceptors (Lipinski definition) is 6. The highest BCUT2D eigenvalue weighted by atomic mass is 16.5. The van der Waals surface area contributed by atoms with Gasteiger partial charge in [-0.1, -0.05) is 6.07 Å². The molecule has 2 aromatic rings. The lowest BCUT2D eigenvalue weighted by Crippen LogP contribution is -2.26. The van der Waals surface area contributed by atoms with Gasteiger partial charge in [0.15, 0.2) is 0 Å². The molecule has 28 heavy (non-hydrogen) atoms. The van der Waals surface area contributed by atoms with Crippen molar-refractivity contribution in [3.05, 3.63) is 47.8 Å². The van der Waals surface area contributed by atoms with E-state index in [4.69, 9.17) is 9.47 Å². The Morgan fingerprint density at radius 1 is 1.21 bits per heavy atom. The molecular weight excluding hydrogens is 356 g/mol. The maximum Gasteiger partial charge on any atom is 0.253 e. The fourth-order valence-corrected chi connectivity index (χ4v) is 3.61. The standard InChI is InChI=1S/C21H26N4O3/c26-21(17-7-8-19(23-14-17)28-15-18-6-4-12-27-18)24-13-16-5-3-9-22-20(16)25-10-1-2-11-25/h3,5,7-9,14,18H,1-2,4,6,10-13,15H2,(H,24,26)/t18-/m1/s1. The molecule has 148 valence electrons. The first-order valence-corrected chi connectivity index (χ1v) is 9.97. The number of anilines is 1. The van der Waals surface area contributed by atoms with Gasteiger partial charge in [0.2, 0.25) is 5.88 Å². The molecule has 0 bridgehead atoms. The molecule has 0 unspecified atom stereocenters. The molecule has 2 aliphatic heterocycles. The van der Waals surface area contributed by atoms with Gasteiger partial charge in [-0.15, -0.1) is 0 Å². The predicted octanol–water partition coefficient (Wildman–Crippen LogP) is 2.56. The third-order valence-electron chi connectivity index (χ3n) is 5.15. The van der Waals surface area contributed by atoms with E-state index in [1.54, 1.807) is 24.5 Å². The number of carbonyl (C=O) groups excluding carboxylic acids is 1. The molecular formula is C21H26N4O3. The summed E-state index contributed by atoms with van der Waals surface area (Å²) in [5, 5.41) is 2.97. The molecule has 2 aromatic heterocycles. The first-order valence-electron chi connectivity index (χ1n) is 9.97. The van der Waals surface area contributed by atoms with Crippen molar-refractivity contribution in [3.63, 3.8) is 0 Å². The minimum atomic E-state index is -0.158. The van der Waals surface area contributed by atoms with Gasteiger partial charge in [-0.25, -0.2) is 9.97 Å². The highest BCUT2D eigenvalue weighted by Gasteiger charge is 2.18. The summed E-state index contributed by atoms with van der Waals surface area (Å²) >= 11 is 0. The highest BCUT2D eigenvalue weighted by Crippen LogP contribution is 2.22. The van der Waals surface area contributed by atoms with Crippen LogP contribution >= 0.6 is 0 Å². The quantitative estimate of drug-likeness (QED) is 0.793. The molecule has 7 nitrogen and oxygen atoms in total. The van der Waals surface area contributed by atoms with Gasteiger partial charge >= 0.3 is 0 Å². The molecule has 0 saturated carbocycles. The summed E-state index contributed by atoms with van der Waals surface area (Å²) in [7, 11) is 0. The van der Waals surface area contributed by atoms with Crippen molar-refractivity contribution in [2.24, 2.45) is 0 Å². The summed E-state index contributed by atoms with van der Waals surface area (Å²) in [5.41, 5.74) is 1.54. The van der Waals surface area contributed by atoms with E-state index in [0.717, 1.165) is 43.9 Å². The van der Waals surface area contributed by atoms with Crippen LogP contribution in [0.25, 0.3) is 0 Å². The van der Waals surface area contributed by atoms with Gasteiger partial charge in [0.1, 0.15) is 12.4 Å². The van der Waals surface area contributed by atoms with Crippen LogP contribution in [-0.4, -0.2) is 48.3 Å². The number of nitrogens with zero attached hydrogens (tertiary/aromatic N) is 3. The monoisotopic (exact) mass is 382 g/mol. The number of rotatable bonds is 7. The van der Waals surface area contributed by atoms with Crippen LogP contribution < -0.4 is 15.0 Å². The average molecular weight is 382 g/mol. The average Bonchev–Trinajstić information content (AvgIpc) is 3.45. The van der Waals surface area contributed by atoms with E-state index < -0.39 is 0 Å². The van der Waals surface area contributed by atoms with Gasteiger partial charge in [-0.3, -0.25) is 4.79 Å². The van der Waals surface area contributed by atoms with Crippen LogP contribution in [0.5, 0.6) is 5.88 Å². The highest BCUT2D eigenvalue weighted by molar-refractivity contribution is 5.93. The summed E-state index contributed by atoms with van der Waals surface area (Å²) in [6.45, 7) is 3.79. The Morgan fingerprint density at radius 3 is 2.86 bits per heavy atom. The van der Waals surface area contributed by atoms with Gasteiger partial charge in [0.25, 0.3) is 5.91 Å². The van der Waals surface area contributed by atoms with Crippen LogP contribution in [0.2, 0.25) is 0 Å². The van der Waals surface area contributed by atoms with Crippen molar-refractivity contribution >= 4 is 11.7 Å². The first-order chi connectivity index (χ1) is 13.8. The summed E-state index contributed by atoms with van der Waals surface area (Å²) in [4.78, 5) is 23.5. The smallest absolute Gasteiger partial charge is 0.253 e. The van der Waals surface area contributed by atoms with E-state index in [9.17, 15) is 4.79 Å². The molecule has 1 N–H and O–H groups in total. The Balaban J connectivity index is 1.31. The van der Waals surface area contributed by atoms with Gasteiger partial charge in [-0.2, -0.15) is 0 Å². The second kappa shape index (κ2) is 9.01. The van der Waals surface area contributed by atoms with E-state index in [0.29, 0.717) is 24.6 Å². The van der Waals surface area contributed by atoms with Crippen LogP contribution in [0.1, 0.15) is 41.6 Å². The van der Waals surface area contributed by atoms with Crippen molar-refractivity contribution in [3.8, 4) is 5.88 Å². The maximum absolute atomic E-state index is 12.5. The lowest BCUT2D eigenvalue weighted by molar-refractivity contribution is 0.0663. The Bertz CT molecular complexity index is 784. The van der Waals surface area contributed by atoms with Gasteiger partial charge in [-0.05, 0) is 37.8 Å². The Labute approximate surface area is 165 Å². The summed E-state index contributed by atoms with van der Waals surface area (Å²) in [6, 6.07) is 7.38. The minimum absolute atomic E-state index is 0.147. The minimum Gasteiger partial charge on any atom is -0.475 e. The molecule has 1 atom stereocenters. The first kappa shape index (κ1) is 18.7. The van der Waals surface area contributed by atoms with Gasteiger partial charge in [0.05, 0.1) is 11.7 Å². The number of ether oxygens (including phenoxy) is 2. The molecule has 0 spiro atoms. The molecule has 2 aliphatic rings. The van der Waals surface area contributed by atoms with Crippen LogP contribution in [0.4, 0.5) is 5.82 Å². The molecule has 7 heteroatoms. The molecule has 0 radical (unpaired) electrons. The largest absolute Gasteiger partial charge is 0.475 e. The number of pyridine rings is 2. The van der Waals surface area contributed by atoms with E-state index >= 15 is 0 Å². The zero-order chi connectivity index (χ0) is 19.2. The summed E-state index contributed by atoms with van der Waals surface area (Å²) < 4.78 is 11.2. The topological polar surface area (TPSA) is 76.6 Å². The lowest BCUT2D eigenvalue weighted by atomic mass is 10.2. The molecule has 2 saturated heterocycles. The van der Waals surface area contributed by atoms with Crippen LogP contribution in [0.15, 0.2) is 36.7 Å². The zero-order valence-electron chi connectivity index (χ0n) is 16.0. The van der Waals surface area contributed by atoms with Crippen molar-refractivity contribution in [1.29, 1.82) is 0 Å². The van der Waals surface area contributed by atoms with E-state index in [1.165, 1.54) is 12.8 Å². The van der Waals surface area contributed by atoms with Crippen LogP contribution in [0.3, 0.4) is 0 Å². The van der Waals surface area contributed by atoms with Gasteiger partial charge in [0, 0.05) is 50.3 Å².